The molecular weight excluding hydrogens is 289 g/mol. The summed E-state index contributed by atoms with van der Waals surface area (Å²) in [6.45, 7) is 0.145. The summed E-state index contributed by atoms with van der Waals surface area (Å²) in [6.07, 6.45) is -5.60. The second-order valence-electron chi connectivity index (χ2n) is 4.41. The largest absolute Gasteiger partial charge is 0.458 e. The van der Waals surface area contributed by atoms with Crippen LogP contribution in [0.5, 0.6) is 0 Å². The van der Waals surface area contributed by atoms with Crippen molar-refractivity contribution in [3.8, 4) is 0 Å². The first kappa shape index (κ1) is 15.3. The molecule has 0 aliphatic rings. The van der Waals surface area contributed by atoms with Crippen molar-refractivity contribution in [2.24, 2.45) is 0 Å². The van der Waals surface area contributed by atoms with Gasteiger partial charge in [0.2, 0.25) is 0 Å². The Morgan fingerprint density at radius 1 is 0.952 bits per heavy atom. The maximum absolute atomic E-state index is 13.3. The number of hydrogen-bond donors (Lipinski definition) is 1. The van der Waals surface area contributed by atoms with Crippen LogP contribution in [-0.2, 0) is 12.5 Å². The van der Waals surface area contributed by atoms with Crippen LogP contribution in [-0.4, -0.2) is 6.18 Å². The zero-order valence-corrected chi connectivity index (χ0v) is 10.7. The molecule has 21 heavy (non-hydrogen) atoms. The van der Waals surface area contributed by atoms with Gasteiger partial charge in [-0.15, -0.1) is 0 Å². The standard InChI is InChI=1S/C15H11F5N/c16-14(17,15(18,19)20)12-6-4-5-11(9-12)10-21-13-7-2-1-3-8-13/h2-9,21H,10H2. The van der Waals surface area contributed by atoms with Crippen LogP contribution in [0, 0.1) is 6.07 Å². The van der Waals surface area contributed by atoms with E-state index in [-0.39, 0.29) is 6.54 Å². The first-order valence-electron chi connectivity index (χ1n) is 6.04. The van der Waals surface area contributed by atoms with Gasteiger partial charge in [-0.2, -0.15) is 22.0 Å². The van der Waals surface area contributed by atoms with Crippen LogP contribution in [0.1, 0.15) is 11.1 Å². The maximum atomic E-state index is 13.3. The minimum atomic E-state index is -5.60. The third kappa shape index (κ3) is 3.51. The molecule has 0 spiro atoms. The molecule has 0 bridgehead atoms. The van der Waals surface area contributed by atoms with Crippen molar-refractivity contribution >= 4 is 5.69 Å². The van der Waals surface area contributed by atoms with Gasteiger partial charge in [-0.05, 0) is 29.8 Å². The number of anilines is 1. The number of benzene rings is 2. The zero-order valence-electron chi connectivity index (χ0n) is 10.7. The van der Waals surface area contributed by atoms with Gasteiger partial charge in [-0.3, -0.25) is 0 Å². The molecular formula is C15H11F5N. The van der Waals surface area contributed by atoms with Gasteiger partial charge in [0.05, 0.1) is 0 Å². The molecule has 0 heterocycles. The van der Waals surface area contributed by atoms with Gasteiger partial charge in [0, 0.05) is 17.8 Å². The van der Waals surface area contributed by atoms with Crippen molar-refractivity contribution in [2.75, 3.05) is 5.32 Å². The van der Waals surface area contributed by atoms with E-state index in [1.807, 2.05) is 0 Å². The third-order valence-electron chi connectivity index (χ3n) is 2.86. The Hall–Kier alpha value is -2.11. The molecule has 0 unspecified atom stereocenters. The normalized spacial score (nSPS) is 12.2. The molecule has 1 nitrogen and oxygen atoms in total. The van der Waals surface area contributed by atoms with Crippen molar-refractivity contribution in [1.29, 1.82) is 0 Å². The topological polar surface area (TPSA) is 12.0 Å². The predicted molar refractivity (Wildman–Crippen MR) is 69.0 cm³/mol. The lowest BCUT2D eigenvalue weighted by Crippen LogP contribution is -2.33. The lowest BCUT2D eigenvalue weighted by Gasteiger charge is -2.20. The van der Waals surface area contributed by atoms with Crippen molar-refractivity contribution in [3.05, 3.63) is 65.7 Å². The lowest BCUT2D eigenvalue weighted by molar-refractivity contribution is -0.289. The fourth-order valence-corrected chi connectivity index (χ4v) is 1.75. The van der Waals surface area contributed by atoms with Crippen LogP contribution < -0.4 is 5.32 Å². The number of halogens is 5. The first-order valence-corrected chi connectivity index (χ1v) is 6.04. The van der Waals surface area contributed by atoms with Crippen LogP contribution >= 0.6 is 0 Å². The van der Waals surface area contributed by atoms with Crippen LogP contribution in [0.15, 0.2) is 48.5 Å². The molecule has 0 aliphatic heterocycles. The predicted octanol–water partition coefficient (Wildman–Crippen LogP) is 4.75. The molecule has 0 saturated carbocycles. The van der Waals surface area contributed by atoms with E-state index < -0.39 is 17.7 Å². The highest BCUT2D eigenvalue weighted by atomic mass is 19.4. The van der Waals surface area contributed by atoms with Gasteiger partial charge in [0.1, 0.15) is 0 Å². The summed E-state index contributed by atoms with van der Waals surface area (Å²) in [6, 6.07) is 13.9. The molecule has 1 N–H and O–H groups in total. The Balaban J connectivity index is 2.15. The minimum absolute atomic E-state index is 0.145. The van der Waals surface area contributed by atoms with Gasteiger partial charge < -0.3 is 5.32 Å². The van der Waals surface area contributed by atoms with E-state index in [4.69, 9.17) is 0 Å². The summed E-state index contributed by atoms with van der Waals surface area (Å²) < 4.78 is 63.5. The molecule has 2 rings (SSSR count). The number of hydrogen-bond acceptors (Lipinski definition) is 1. The molecule has 6 heteroatoms. The molecule has 1 radical (unpaired) electrons. The molecule has 2 aromatic carbocycles. The number of alkyl halides is 5. The quantitative estimate of drug-likeness (QED) is 0.803. The van der Waals surface area contributed by atoms with Crippen LogP contribution in [0.4, 0.5) is 27.6 Å². The van der Waals surface area contributed by atoms with Gasteiger partial charge in [0.25, 0.3) is 0 Å². The fourth-order valence-electron chi connectivity index (χ4n) is 1.75. The molecule has 2 aromatic rings. The SMILES string of the molecule is FC(F)(F)C(F)(F)c1cccc(CNc2cc[c]cc2)c1. The fraction of sp³-hybridized carbons (Fsp3) is 0.200. The average Bonchev–Trinajstić information content (AvgIpc) is 2.45. The van der Waals surface area contributed by atoms with Gasteiger partial charge >= 0.3 is 12.1 Å². The minimum Gasteiger partial charge on any atom is -0.381 e. The van der Waals surface area contributed by atoms with Crippen LogP contribution in [0.2, 0.25) is 0 Å². The van der Waals surface area contributed by atoms with E-state index in [1.165, 1.54) is 12.1 Å². The highest BCUT2D eigenvalue weighted by Crippen LogP contribution is 2.43. The van der Waals surface area contributed by atoms with E-state index in [0.717, 1.165) is 17.8 Å². The third-order valence-corrected chi connectivity index (χ3v) is 2.86. The molecule has 0 aromatic heterocycles. The Kier molecular flexibility index (Phi) is 4.16. The van der Waals surface area contributed by atoms with E-state index in [2.05, 4.69) is 11.4 Å². The second-order valence-corrected chi connectivity index (χ2v) is 4.41. The summed E-state index contributed by atoms with van der Waals surface area (Å²) in [7, 11) is 0. The zero-order chi connectivity index (χ0) is 15.5. The van der Waals surface area contributed by atoms with E-state index in [1.54, 1.807) is 24.3 Å². The molecule has 0 atom stereocenters. The van der Waals surface area contributed by atoms with Crippen molar-refractivity contribution < 1.29 is 22.0 Å². The van der Waals surface area contributed by atoms with E-state index >= 15 is 0 Å². The Morgan fingerprint density at radius 3 is 2.24 bits per heavy atom. The second kappa shape index (κ2) is 5.71. The average molecular weight is 300 g/mol. The van der Waals surface area contributed by atoms with Crippen LogP contribution in [0.25, 0.3) is 0 Å². The van der Waals surface area contributed by atoms with Gasteiger partial charge in [0.15, 0.2) is 0 Å². The summed E-state index contributed by atoms with van der Waals surface area (Å²) >= 11 is 0. The van der Waals surface area contributed by atoms with Gasteiger partial charge in [-0.1, -0.05) is 30.3 Å². The Bertz CT molecular complexity index is 593. The van der Waals surface area contributed by atoms with Gasteiger partial charge in [-0.25, -0.2) is 0 Å². The Morgan fingerprint density at radius 2 is 1.62 bits per heavy atom. The van der Waals surface area contributed by atoms with E-state index in [9.17, 15) is 22.0 Å². The van der Waals surface area contributed by atoms with Crippen molar-refractivity contribution in [1.82, 2.24) is 0 Å². The molecule has 0 amide bonds. The highest BCUT2D eigenvalue weighted by Gasteiger charge is 2.58. The molecule has 111 valence electrons. The Labute approximate surface area is 118 Å². The van der Waals surface area contributed by atoms with E-state index in [0.29, 0.717) is 5.56 Å². The van der Waals surface area contributed by atoms with Crippen LogP contribution in [0.3, 0.4) is 0 Å². The summed E-state index contributed by atoms with van der Waals surface area (Å²) in [5.41, 5.74) is 0.00156. The van der Waals surface area contributed by atoms with Crippen molar-refractivity contribution in [2.45, 2.75) is 18.6 Å². The molecule has 0 saturated heterocycles. The lowest BCUT2D eigenvalue weighted by atomic mass is 10.0. The highest BCUT2D eigenvalue weighted by molar-refractivity contribution is 5.43. The van der Waals surface area contributed by atoms with Crippen molar-refractivity contribution in [3.63, 3.8) is 0 Å². The smallest absolute Gasteiger partial charge is 0.381 e. The summed E-state index contributed by atoms with van der Waals surface area (Å²) in [5.74, 6) is -4.86. The maximum Gasteiger partial charge on any atom is 0.458 e. The first-order chi connectivity index (χ1) is 9.80. The monoisotopic (exact) mass is 300 g/mol. The summed E-state index contributed by atoms with van der Waals surface area (Å²) in [4.78, 5) is 0. The number of nitrogens with one attached hydrogen (secondary N) is 1. The summed E-state index contributed by atoms with van der Waals surface area (Å²) in [5, 5.41) is 2.93. The number of rotatable bonds is 4. The molecule has 0 fully saturated rings. The molecule has 0 aliphatic carbocycles.